The topological polar surface area (TPSA) is 29.5 Å². The number of carbonyl (C=O) groups is 1. The van der Waals surface area contributed by atoms with Crippen LogP contribution in [0.1, 0.15) is 33.6 Å². The number of carbonyl (C=O) groups excluding carboxylic acids is 1. The number of ether oxygens (including phenoxy) is 1. The third-order valence-corrected chi connectivity index (χ3v) is 3.19. The molecule has 1 unspecified atom stereocenters. The molecule has 0 aromatic carbocycles. The zero-order valence-electron chi connectivity index (χ0n) is 9.75. The smallest absolute Gasteiger partial charge is 0.222 e. The second kappa shape index (κ2) is 5.30. The maximum atomic E-state index is 11.8. The first-order chi connectivity index (χ1) is 6.98. The lowest BCUT2D eigenvalue weighted by Crippen LogP contribution is -2.55. The lowest BCUT2D eigenvalue weighted by molar-refractivity contribution is -0.157. The number of hydrogen-bond acceptors (Lipinski definition) is 2. The van der Waals surface area contributed by atoms with E-state index in [1.165, 1.54) is 0 Å². The monoisotopic (exact) mass is 277 g/mol. The Balaban J connectivity index is 2.61. The molecule has 1 fully saturated rings. The SMILES string of the molecule is CCCC(=O)N1CC(CBr)OC(C)(C)C1. The van der Waals surface area contributed by atoms with Gasteiger partial charge in [-0.15, -0.1) is 0 Å². The van der Waals surface area contributed by atoms with Crippen molar-refractivity contribution in [1.29, 1.82) is 0 Å². The Bertz CT molecular complexity index is 231. The number of rotatable bonds is 3. The molecule has 88 valence electrons. The predicted molar refractivity (Wildman–Crippen MR) is 64.2 cm³/mol. The lowest BCUT2D eigenvalue weighted by atomic mass is 10.1. The van der Waals surface area contributed by atoms with Crippen LogP contribution in [0.5, 0.6) is 0 Å². The molecule has 1 saturated heterocycles. The molecule has 0 aromatic rings. The summed E-state index contributed by atoms with van der Waals surface area (Å²) in [6.45, 7) is 7.52. The Kier molecular flexibility index (Phi) is 4.59. The molecule has 0 bridgehead atoms. The zero-order valence-corrected chi connectivity index (χ0v) is 11.3. The van der Waals surface area contributed by atoms with Crippen LogP contribution in [0.3, 0.4) is 0 Å². The van der Waals surface area contributed by atoms with Crippen molar-refractivity contribution in [3.63, 3.8) is 0 Å². The molecular formula is C11H20BrNO2. The van der Waals surface area contributed by atoms with Crippen molar-refractivity contribution >= 4 is 21.8 Å². The summed E-state index contributed by atoms with van der Waals surface area (Å²) in [6, 6.07) is 0. The molecule has 3 nitrogen and oxygen atoms in total. The van der Waals surface area contributed by atoms with Gasteiger partial charge in [0.15, 0.2) is 0 Å². The summed E-state index contributed by atoms with van der Waals surface area (Å²) in [5.41, 5.74) is -0.222. The molecule has 4 heteroatoms. The standard InChI is InChI=1S/C11H20BrNO2/c1-4-5-10(14)13-7-9(6-12)15-11(2,3)8-13/h9H,4-8H2,1-3H3. The van der Waals surface area contributed by atoms with Gasteiger partial charge in [0.1, 0.15) is 0 Å². The molecule has 0 spiro atoms. The van der Waals surface area contributed by atoms with Crippen LogP contribution >= 0.6 is 15.9 Å². The lowest BCUT2D eigenvalue weighted by Gasteiger charge is -2.42. The van der Waals surface area contributed by atoms with Crippen molar-refractivity contribution < 1.29 is 9.53 Å². The maximum Gasteiger partial charge on any atom is 0.222 e. The fourth-order valence-electron chi connectivity index (χ4n) is 1.94. The maximum absolute atomic E-state index is 11.8. The Labute approximate surface area is 100 Å². The van der Waals surface area contributed by atoms with E-state index in [2.05, 4.69) is 15.9 Å². The Morgan fingerprint density at radius 3 is 2.80 bits per heavy atom. The van der Waals surface area contributed by atoms with Crippen molar-refractivity contribution in [3.05, 3.63) is 0 Å². The van der Waals surface area contributed by atoms with E-state index in [0.29, 0.717) is 19.5 Å². The molecule has 0 aromatic heterocycles. The van der Waals surface area contributed by atoms with E-state index in [-0.39, 0.29) is 17.6 Å². The van der Waals surface area contributed by atoms with Gasteiger partial charge in [-0.1, -0.05) is 22.9 Å². The minimum Gasteiger partial charge on any atom is -0.368 e. The summed E-state index contributed by atoms with van der Waals surface area (Å²) in [5, 5.41) is 0.784. The first kappa shape index (κ1) is 13.0. The highest BCUT2D eigenvalue weighted by Gasteiger charge is 2.34. The summed E-state index contributed by atoms with van der Waals surface area (Å²) >= 11 is 3.42. The minimum absolute atomic E-state index is 0.120. The van der Waals surface area contributed by atoms with Crippen molar-refractivity contribution in [1.82, 2.24) is 4.90 Å². The van der Waals surface area contributed by atoms with Gasteiger partial charge >= 0.3 is 0 Å². The number of alkyl halides is 1. The van der Waals surface area contributed by atoms with Crippen molar-refractivity contribution in [3.8, 4) is 0 Å². The predicted octanol–water partition coefficient (Wildman–Crippen LogP) is 2.19. The molecule has 15 heavy (non-hydrogen) atoms. The van der Waals surface area contributed by atoms with Gasteiger partial charge in [-0.2, -0.15) is 0 Å². The highest BCUT2D eigenvalue weighted by atomic mass is 79.9. The second-order valence-electron chi connectivity index (χ2n) is 4.68. The summed E-state index contributed by atoms with van der Waals surface area (Å²) in [4.78, 5) is 13.7. The number of amides is 1. The summed E-state index contributed by atoms with van der Waals surface area (Å²) in [6.07, 6.45) is 1.68. The average molecular weight is 278 g/mol. The van der Waals surface area contributed by atoms with E-state index in [1.807, 2.05) is 25.7 Å². The molecule has 1 atom stereocenters. The normalized spacial score (nSPS) is 25.3. The first-order valence-corrected chi connectivity index (χ1v) is 6.62. The Morgan fingerprint density at radius 2 is 2.27 bits per heavy atom. The highest BCUT2D eigenvalue weighted by molar-refractivity contribution is 9.09. The van der Waals surface area contributed by atoms with Gasteiger partial charge in [-0.25, -0.2) is 0 Å². The number of halogens is 1. The van der Waals surface area contributed by atoms with Crippen LogP contribution in [0.15, 0.2) is 0 Å². The van der Waals surface area contributed by atoms with E-state index >= 15 is 0 Å². The van der Waals surface area contributed by atoms with Gasteiger partial charge in [-0.3, -0.25) is 4.79 Å². The van der Waals surface area contributed by atoms with E-state index in [9.17, 15) is 4.79 Å². The largest absolute Gasteiger partial charge is 0.368 e. The molecule has 0 aliphatic carbocycles. The van der Waals surface area contributed by atoms with Gasteiger partial charge in [0.05, 0.1) is 11.7 Å². The molecule has 1 aliphatic rings. The van der Waals surface area contributed by atoms with Gasteiger partial charge in [0, 0.05) is 24.8 Å². The molecule has 0 radical (unpaired) electrons. The van der Waals surface area contributed by atoms with Crippen LogP contribution in [0.2, 0.25) is 0 Å². The Hall–Kier alpha value is -0.0900. The second-order valence-corrected chi connectivity index (χ2v) is 5.33. The summed E-state index contributed by atoms with van der Waals surface area (Å²) < 4.78 is 5.84. The van der Waals surface area contributed by atoms with Gasteiger partial charge in [0.2, 0.25) is 5.91 Å². The Morgan fingerprint density at radius 1 is 1.60 bits per heavy atom. The van der Waals surface area contributed by atoms with Crippen LogP contribution in [-0.4, -0.2) is 40.9 Å². The molecule has 0 N–H and O–H groups in total. The van der Waals surface area contributed by atoms with Crippen LogP contribution in [0.25, 0.3) is 0 Å². The van der Waals surface area contributed by atoms with Crippen molar-refractivity contribution in [2.24, 2.45) is 0 Å². The van der Waals surface area contributed by atoms with E-state index in [1.54, 1.807) is 0 Å². The molecule has 1 amide bonds. The van der Waals surface area contributed by atoms with Crippen LogP contribution in [-0.2, 0) is 9.53 Å². The van der Waals surface area contributed by atoms with Gasteiger partial charge in [0.25, 0.3) is 0 Å². The number of hydrogen-bond donors (Lipinski definition) is 0. The van der Waals surface area contributed by atoms with Crippen LogP contribution in [0.4, 0.5) is 0 Å². The third kappa shape index (κ3) is 3.76. The molecule has 1 aliphatic heterocycles. The highest BCUT2D eigenvalue weighted by Crippen LogP contribution is 2.22. The fourth-order valence-corrected chi connectivity index (χ4v) is 2.27. The van der Waals surface area contributed by atoms with Gasteiger partial charge in [-0.05, 0) is 20.3 Å². The summed E-state index contributed by atoms with van der Waals surface area (Å²) in [7, 11) is 0. The molecule has 1 heterocycles. The fraction of sp³-hybridized carbons (Fsp3) is 0.909. The van der Waals surface area contributed by atoms with Crippen LogP contribution < -0.4 is 0 Å². The van der Waals surface area contributed by atoms with E-state index in [4.69, 9.17) is 4.74 Å². The zero-order chi connectivity index (χ0) is 11.5. The minimum atomic E-state index is -0.222. The number of morpholine rings is 1. The van der Waals surface area contributed by atoms with Crippen molar-refractivity contribution in [2.75, 3.05) is 18.4 Å². The van der Waals surface area contributed by atoms with Gasteiger partial charge < -0.3 is 9.64 Å². The molecular weight excluding hydrogens is 258 g/mol. The molecule has 0 saturated carbocycles. The quantitative estimate of drug-likeness (QED) is 0.741. The van der Waals surface area contributed by atoms with E-state index < -0.39 is 0 Å². The third-order valence-electron chi connectivity index (χ3n) is 2.47. The van der Waals surface area contributed by atoms with E-state index in [0.717, 1.165) is 11.8 Å². The van der Waals surface area contributed by atoms with Crippen molar-refractivity contribution in [2.45, 2.75) is 45.3 Å². The first-order valence-electron chi connectivity index (χ1n) is 5.50. The molecule has 1 rings (SSSR count). The van der Waals surface area contributed by atoms with Crippen LogP contribution in [0, 0.1) is 0 Å². The summed E-state index contributed by atoms with van der Waals surface area (Å²) in [5.74, 6) is 0.250. The average Bonchev–Trinajstić information content (AvgIpc) is 2.15. The number of nitrogens with zero attached hydrogens (tertiary/aromatic N) is 1.